The van der Waals surface area contributed by atoms with Crippen LogP contribution in [0.5, 0.6) is 0 Å². The predicted molar refractivity (Wildman–Crippen MR) is 77.1 cm³/mol. The lowest BCUT2D eigenvalue weighted by Gasteiger charge is -2.50. The van der Waals surface area contributed by atoms with Gasteiger partial charge in [-0.1, -0.05) is 83.6 Å². The topological polar surface area (TPSA) is 0 Å². The Kier molecular flexibility index (Phi) is 3.40. The van der Waals surface area contributed by atoms with Crippen LogP contribution < -0.4 is 5.19 Å². The number of hydrogen-bond donors (Lipinski definition) is 0. The number of rotatable bonds is 1. The minimum atomic E-state index is -1.53. The molecule has 90 valence electrons. The Bertz CT molecular complexity index is 324. The second-order valence-electron chi connectivity index (χ2n) is 6.99. The second kappa shape index (κ2) is 4.03. The van der Waals surface area contributed by atoms with Crippen molar-refractivity contribution >= 4 is 13.3 Å². The molecule has 0 amide bonds. The van der Waals surface area contributed by atoms with E-state index in [1.807, 2.05) is 0 Å². The normalized spacial score (nSPS) is 13.9. The standard InChI is InChI=1S/C15H26Si/c1-14(2,3)16(7,15(4,5)6)13-11-9-8-10-12-13/h8-12H,1-7H3. The van der Waals surface area contributed by atoms with Crippen molar-refractivity contribution in [2.45, 2.75) is 58.2 Å². The SMILES string of the molecule is CC(C)(C)[Si](C)(c1ccccc1)C(C)(C)C. The molecule has 0 N–H and O–H groups in total. The third kappa shape index (κ3) is 2.10. The van der Waals surface area contributed by atoms with Gasteiger partial charge in [-0.15, -0.1) is 0 Å². The Morgan fingerprint density at radius 2 is 1.12 bits per heavy atom. The first-order chi connectivity index (χ1) is 7.11. The molecule has 1 heteroatoms. The molecule has 0 saturated heterocycles. The van der Waals surface area contributed by atoms with Crippen molar-refractivity contribution in [3.8, 4) is 0 Å². The zero-order chi connectivity index (χ0) is 12.6. The quantitative estimate of drug-likeness (QED) is 0.624. The maximum Gasteiger partial charge on any atom is 0.0942 e. The summed E-state index contributed by atoms with van der Waals surface area (Å²) in [5.74, 6) is 0. The first-order valence-electron chi connectivity index (χ1n) is 6.16. The molecule has 0 aliphatic rings. The number of hydrogen-bond acceptors (Lipinski definition) is 0. The van der Waals surface area contributed by atoms with Crippen LogP contribution in [0.1, 0.15) is 41.5 Å². The zero-order valence-corrected chi connectivity index (χ0v) is 12.9. The highest BCUT2D eigenvalue weighted by atomic mass is 28.3. The van der Waals surface area contributed by atoms with Crippen LogP contribution in [0.25, 0.3) is 0 Å². The lowest BCUT2D eigenvalue weighted by atomic mass is 10.2. The summed E-state index contributed by atoms with van der Waals surface area (Å²) >= 11 is 0. The molecule has 16 heavy (non-hydrogen) atoms. The van der Waals surface area contributed by atoms with Crippen LogP contribution >= 0.6 is 0 Å². The molecule has 0 saturated carbocycles. The van der Waals surface area contributed by atoms with Crippen molar-refractivity contribution in [1.82, 2.24) is 0 Å². The molecular weight excluding hydrogens is 208 g/mol. The smallest absolute Gasteiger partial charge is 0.0645 e. The van der Waals surface area contributed by atoms with E-state index in [4.69, 9.17) is 0 Å². The highest BCUT2D eigenvalue weighted by Gasteiger charge is 2.49. The predicted octanol–water partition coefficient (Wildman–Crippen LogP) is 4.57. The van der Waals surface area contributed by atoms with E-state index in [0.29, 0.717) is 10.1 Å². The molecule has 0 atom stereocenters. The summed E-state index contributed by atoms with van der Waals surface area (Å²) in [6, 6.07) is 11.1. The van der Waals surface area contributed by atoms with Gasteiger partial charge >= 0.3 is 0 Å². The molecule has 0 spiro atoms. The molecule has 0 bridgehead atoms. The van der Waals surface area contributed by atoms with E-state index in [0.717, 1.165) is 0 Å². The van der Waals surface area contributed by atoms with Gasteiger partial charge in [-0.05, 0) is 10.1 Å². The molecule has 0 aromatic heterocycles. The molecule has 0 unspecified atom stereocenters. The minimum Gasteiger partial charge on any atom is -0.0645 e. The number of benzene rings is 1. The van der Waals surface area contributed by atoms with Crippen molar-refractivity contribution in [2.24, 2.45) is 0 Å². The molecule has 0 heterocycles. The average Bonchev–Trinajstić information content (AvgIpc) is 2.14. The van der Waals surface area contributed by atoms with E-state index in [2.05, 4.69) is 78.4 Å². The fraction of sp³-hybridized carbons (Fsp3) is 0.600. The van der Waals surface area contributed by atoms with Crippen LogP contribution in [0.3, 0.4) is 0 Å². The van der Waals surface area contributed by atoms with Crippen molar-refractivity contribution in [1.29, 1.82) is 0 Å². The van der Waals surface area contributed by atoms with Gasteiger partial charge in [0.25, 0.3) is 0 Å². The van der Waals surface area contributed by atoms with Crippen LogP contribution in [-0.4, -0.2) is 8.07 Å². The van der Waals surface area contributed by atoms with E-state index in [1.165, 1.54) is 0 Å². The highest BCUT2D eigenvalue weighted by Crippen LogP contribution is 2.50. The highest BCUT2D eigenvalue weighted by molar-refractivity contribution is 6.95. The maximum absolute atomic E-state index is 2.53. The largest absolute Gasteiger partial charge is 0.0942 e. The van der Waals surface area contributed by atoms with E-state index in [-0.39, 0.29) is 0 Å². The van der Waals surface area contributed by atoms with Crippen molar-refractivity contribution < 1.29 is 0 Å². The summed E-state index contributed by atoms with van der Waals surface area (Å²) in [5.41, 5.74) is 0. The Morgan fingerprint density at radius 3 is 1.44 bits per heavy atom. The summed E-state index contributed by atoms with van der Waals surface area (Å²) in [5, 5.41) is 2.34. The fourth-order valence-electron chi connectivity index (χ4n) is 2.76. The van der Waals surface area contributed by atoms with Gasteiger partial charge in [0.2, 0.25) is 0 Å². The third-order valence-electron chi connectivity index (χ3n) is 4.35. The summed E-state index contributed by atoms with van der Waals surface area (Å²) < 4.78 is 0. The van der Waals surface area contributed by atoms with Crippen molar-refractivity contribution in [2.75, 3.05) is 0 Å². The van der Waals surface area contributed by atoms with Crippen LogP contribution in [0.4, 0.5) is 0 Å². The third-order valence-corrected chi connectivity index (χ3v) is 11.8. The minimum absolute atomic E-state index is 0.382. The van der Waals surface area contributed by atoms with Crippen LogP contribution in [0.15, 0.2) is 30.3 Å². The van der Waals surface area contributed by atoms with E-state index < -0.39 is 8.07 Å². The Balaban J connectivity index is 3.39. The first-order valence-corrected chi connectivity index (χ1v) is 8.66. The summed E-state index contributed by atoms with van der Waals surface area (Å²) in [6.07, 6.45) is 0. The van der Waals surface area contributed by atoms with Crippen molar-refractivity contribution in [3.63, 3.8) is 0 Å². The van der Waals surface area contributed by atoms with Gasteiger partial charge in [0.15, 0.2) is 0 Å². The van der Waals surface area contributed by atoms with Gasteiger partial charge < -0.3 is 0 Å². The van der Waals surface area contributed by atoms with Gasteiger partial charge in [0.1, 0.15) is 0 Å². The molecule has 0 fully saturated rings. The lowest BCUT2D eigenvalue weighted by molar-refractivity contribution is 0.629. The monoisotopic (exact) mass is 234 g/mol. The fourth-order valence-corrected chi connectivity index (χ4v) is 7.60. The van der Waals surface area contributed by atoms with Crippen LogP contribution in [0.2, 0.25) is 16.6 Å². The van der Waals surface area contributed by atoms with Gasteiger partial charge in [-0.2, -0.15) is 0 Å². The lowest BCUT2D eigenvalue weighted by Crippen LogP contribution is -2.58. The van der Waals surface area contributed by atoms with Gasteiger partial charge in [0, 0.05) is 0 Å². The van der Waals surface area contributed by atoms with Gasteiger partial charge in [-0.3, -0.25) is 0 Å². The Labute approximate surface area is 102 Å². The molecule has 1 aromatic carbocycles. The van der Waals surface area contributed by atoms with Gasteiger partial charge in [0.05, 0.1) is 8.07 Å². The van der Waals surface area contributed by atoms with Gasteiger partial charge in [-0.25, -0.2) is 0 Å². The molecule has 1 aromatic rings. The van der Waals surface area contributed by atoms with Crippen LogP contribution in [-0.2, 0) is 0 Å². The van der Waals surface area contributed by atoms with Crippen LogP contribution in [0, 0.1) is 0 Å². The average molecular weight is 234 g/mol. The molecule has 0 nitrogen and oxygen atoms in total. The molecule has 1 rings (SSSR count). The molecule has 0 radical (unpaired) electrons. The summed E-state index contributed by atoms with van der Waals surface area (Å²) in [4.78, 5) is 0. The molecule has 0 aliphatic heterocycles. The van der Waals surface area contributed by atoms with E-state index >= 15 is 0 Å². The first kappa shape index (κ1) is 13.5. The molecular formula is C15H26Si. The Hall–Kier alpha value is -0.563. The zero-order valence-electron chi connectivity index (χ0n) is 11.9. The van der Waals surface area contributed by atoms with Crippen molar-refractivity contribution in [3.05, 3.63) is 30.3 Å². The second-order valence-corrected chi connectivity index (χ2v) is 12.8. The summed E-state index contributed by atoms with van der Waals surface area (Å²) in [6.45, 7) is 16.9. The molecule has 0 aliphatic carbocycles. The Morgan fingerprint density at radius 1 is 0.750 bits per heavy atom. The maximum atomic E-state index is 2.53. The van der Waals surface area contributed by atoms with E-state index in [1.54, 1.807) is 5.19 Å². The van der Waals surface area contributed by atoms with E-state index in [9.17, 15) is 0 Å². The summed E-state index contributed by atoms with van der Waals surface area (Å²) in [7, 11) is -1.53.